The minimum atomic E-state index is -0.694. The fraction of sp³-hybridized carbons (Fsp3) is 0.917. The van der Waals surface area contributed by atoms with Crippen LogP contribution in [0.4, 0.5) is 0 Å². The van der Waals surface area contributed by atoms with Crippen molar-refractivity contribution in [3.8, 4) is 0 Å². The molecule has 88 valence electrons. The lowest BCUT2D eigenvalue weighted by atomic mass is 9.81. The summed E-state index contributed by atoms with van der Waals surface area (Å²) in [6.45, 7) is 3.63. The van der Waals surface area contributed by atoms with E-state index < -0.39 is 11.4 Å². The van der Waals surface area contributed by atoms with Crippen LogP contribution >= 0.6 is 0 Å². The van der Waals surface area contributed by atoms with Crippen LogP contribution in [0.2, 0.25) is 0 Å². The van der Waals surface area contributed by atoms with Gasteiger partial charge in [-0.3, -0.25) is 4.79 Å². The lowest BCUT2D eigenvalue weighted by Crippen LogP contribution is -2.39. The van der Waals surface area contributed by atoms with Gasteiger partial charge < -0.3 is 10.4 Å². The summed E-state index contributed by atoms with van der Waals surface area (Å²) in [5, 5.41) is 12.4. The number of rotatable bonds is 5. The lowest BCUT2D eigenvalue weighted by molar-refractivity contribution is -0.147. The Balaban J connectivity index is 2.56. The maximum atomic E-state index is 11.1. The Morgan fingerprint density at radius 2 is 2.00 bits per heavy atom. The summed E-state index contributed by atoms with van der Waals surface area (Å²) in [6, 6.07) is 0.360. The van der Waals surface area contributed by atoms with E-state index in [1.54, 1.807) is 0 Å². The topological polar surface area (TPSA) is 49.3 Å². The molecule has 1 atom stereocenters. The van der Waals surface area contributed by atoms with E-state index in [4.69, 9.17) is 5.11 Å². The number of carboxylic acid groups (broad SMARTS) is 1. The predicted octanol–water partition coefficient (Wildman–Crippen LogP) is 2.27. The zero-order chi connectivity index (χ0) is 11.5. The highest BCUT2D eigenvalue weighted by atomic mass is 16.4. The summed E-state index contributed by atoms with van der Waals surface area (Å²) >= 11 is 0. The van der Waals surface area contributed by atoms with Crippen LogP contribution in [0.15, 0.2) is 0 Å². The van der Waals surface area contributed by atoms with Gasteiger partial charge in [0.25, 0.3) is 0 Å². The van der Waals surface area contributed by atoms with E-state index in [2.05, 4.69) is 5.32 Å². The molecule has 3 heteroatoms. The summed E-state index contributed by atoms with van der Waals surface area (Å²) in [5.41, 5.74) is -0.615. The second-order valence-corrected chi connectivity index (χ2v) is 5.33. The van der Waals surface area contributed by atoms with E-state index in [0.29, 0.717) is 12.0 Å². The average molecular weight is 213 g/mol. The van der Waals surface area contributed by atoms with Gasteiger partial charge >= 0.3 is 5.97 Å². The standard InChI is InChI=1S/C12H23NO2/c1-12(2,11(14)15)8-10(13-3)9-6-4-5-7-9/h9-10,13H,4-8H2,1-3H3,(H,14,15). The predicted molar refractivity (Wildman–Crippen MR) is 60.8 cm³/mol. The molecule has 0 aromatic carbocycles. The number of carboxylic acids is 1. The van der Waals surface area contributed by atoms with E-state index in [1.807, 2.05) is 20.9 Å². The van der Waals surface area contributed by atoms with Crippen molar-refractivity contribution < 1.29 is 9.90 Å². The Morgan fingerprint density at radius 3 is 2.40 bits per heavy atom. The van der Waals surface area contributed by atoms with Crippen LogP contribution in [0, 0.1) is 11.3 Å². The van der Waals surface area contributed by atoms with Gasteiger partial charge in [0, 0.05) is 6.04 Å². The van der Waals surface area contributed by atoms with Crippen molar-refractivity contribution in [1.29, 1.82) is 0 Å². The fourth-order valence-corrected chi connectivity index (χ4v) is 2.50. The third-order valence-corrected chi connectivity index (χ3v) is 3.65. The van der Waals surface area contributed by atoms with Gasteiger partial charge in [-0.1, -0.05) is 12.8 Å². The van der Waals surface area contributed by atoms with Crippen LogP contribution in [-0.2, 0) is 4.79 Å². The third-order valence-electron chi connectivity index (χ3n) is 3.65. The molecule has 1 unspecified atom stereocenters. The van der Waals surface area contributed by atoms with E-state index in [9.17, 15) is 4.79 Å². The Labute approximate surface area is 92.3 Å². The van der Waals surface area contributed by atoms with Crippen molar-refractivity contribution >= 4 is 5.97 Å². The van der Waals surface area contributed by atoms with E-state index in [-0.39, 0.29) is 0 Å². The Bertz CT molecular complexity index is 220. The van der Waals surface area contributed by atoms with Crippen LogP contribution < -0.4 is 5.32 Å². The minimum absolute atomic E-state index is 0.360. The molecule has 0 aliphatic heterocycles. The molecule has 0 amide bonds. The van der Waals surface area contributed by atoms with Crippen LogP contribution in [0.25, 0.3) is 0 Å². The number of hydrogen-bond donors (Lipinski definition) is 2. The zero-order valence-electron chi connectivity index (χ0n) is 10.0. The highest BCUT2D eigenvalue weighted by Gasteiger charge is 2.34. The third kappa shape index (κ3) is 3.20. The molecule has 0 aromatic rings. The number of hydrogen-bond acceptors (Lipinski definition) is 2. The Hall–Kier alpha value is -0.570. The van der Waals surface area contributed by atoms with Crippen LogP contribution in [0.3, 0.4) is 0 Å². The largest absolute Gasteiger partial charge is 0.481 e. The number of aliphatic carboxylic acids is 1. The molecule has 0 spiro atoms. The molecule has 1 rings (SSSR count). The van der Waals surface area contributed by atoms with Crippen LogP contribution in [0.5, 0.6) is 0 Å². The molecular formula is C12H23NO2. The lowest BCUT2D eigenvalue weighted by Gasteiger charge is -2.29. The molecule has 1 aliphatic rings. The van der Waals surface area contributed by atoms with E-state index >= 15 is 0 Å². The Kier molecular flexibility index (Phi) is 4.14. The summed E-state index contributed by atoms with van der Waals surface area (Å²) in [6.07, 6.45) is 5.83. The minimum Gasteiger partial charge on any atom is -0.481 e. The van der Waals surface area contributed by atoms with Gasteiger partial charge in [0.1, 0.15) is 0 Å². The molecule has 3 nitrogen and oxygen atoms in total. The van der Waals surface area contributed by atoms with Crippen molar-refractivity contribution in [2.45, 2.75) is 52.0 Å². The number of nitrogens with one attached hydrogen (secondary N) is 1. The van der Waals surface area contributed by atoms with Crippen molar-refractivity contribution in [3.05, 3.63) is 0 Å². The summed E-state index contributed by atoms with van der Waals surface area (Å²) in [7, 11) is 1.95. The first-order chi connectivity index (χ1) is 6.97. The van der Waals surface area contributed by atoms with Crippen LogP contribution in [-0.4, -0.2) is 24.2 Å². The van der Waals surface area contributed by atoms with Crippen LogP contribution in [0.1, 0.15) is 46.0 Å². The van der Waals surface area contributed by atoms with Gasteiger partial charge in [-0.05, 0) is 46.1 Å². The Morgan fingerprint density at radius 1 is 1.47 bits per heavy atom. The maximum absolute atomic E-state index is 11.1. The monoisotopic (exact) mass is 213 g/mol. The van der Waals surface area contributed by atoms with Crippen molar-refractivity contribution in [1.82, 2.24) is 5.32 Å². The normalized spacial score (nSPS) is 20.5. The highest BCUT2D eigenvalue weighted by Crippen LogP contribution is 2.33. The van der Waals surface area contributed by atoms with Gasteiger partial charge in [-0.2, -0.15) is 0 Å². The van der Waals surface area contributed by atoms with Crippen molar-refractivity contribution in [3.63, 3.8) is 0 Å². The van der Waals surface area contributed by atoms with Gasteiger partial charge in [-0.25, -0.2) is 0 Å². The molecule has 2 N–H and O–H groups in total. The average Bonchev–Trinajstić information content (AvgIpc) is 2.66. The summed E-state index contributed by atoms with van der Waals surface area (Å²) in [5.74, 6) is -0.0191. The smallest absolute Gasteiger partial charge is 0.309 e. The second-order valence-electron chi connectivity index (χ2n) is 5.33. The zero-order valence-corrected chi connectivity index (χ0v) is 10.0. The van der Waals surface area contributed by atoms with Crippen molar-refractivity contribution in [2.24, 2.45) is 11.3 Å². The molecule has 1 fully saturated rings. The van der Waals surface area contributed by atoms with Gasteiger partial charge in [0.15, 0.2) is 0 Å². The van der Waals surface area contributed by atoms with Gasteiger partial charge in [0.2, 0.25) is 0 Å². The molecule has 0 bridgehead atoms. The summed E-state index contributed by atoms with van der Waals surface area (Å²) in [4.78, 5) is 11.1. The first-order valence-corrected chi connectivity index (χ1v) is 5.88. The SMILES string of the molecule is CNC(CC(C)(C)C(=O)O)C1CCCC1. The molecule has 0 heterocycles. The van der Waals surface area contributed by atoms with E-state index in [0.717, 1.165) is 6.42 Å². The highest BCUT2D eigenvalue weighted by molar-refractivity contribution is 5.73. The molecule has 0 saturated heterocycles. The summed E-state index contributed by atoms with van der Waals surface area (Å²) < 4.78 is 0. The maximum Gasteiger partial charge on any atom is 0.309 e. The second kappa shape index (κ2) is 4.97. The quantitative estimate of drug-likeness (QED) is 0.736. The van der Waals surface area contributed by atoms with Crippen molar-refractivity contribution in [2.75, 3.05) is 7.05 Å². The fourth-order valence-electron chi connectivity index (χ4n) is 2.50. The molecule has 15 heavy (non-hydrogen) atoms. The molecule has 0 radical (unpaired) electrons. The number of carbonyl (C=O) groups is 1. The molecular weight excluding hydrogens is 190 g/mol. The first kappa shape index (κ1) is 12.5. The molecule has 1 saturated carbocycles. The van der Waals surface area contributed by atoms with Gasteiger partial charge in [-0.15, -0.1) is 0 Å². The van der Waals surface area contributed by atoms with E-state index in [1.165, 1.54) is 25.7 Å². The molecule has 1 aliphatic carbocycles. The first-order valence-electron chi connectivity index (χ1n) is 5.88. The van der Waals surface area contributed by atoms with Gasteiger partial charge in [0.05, 0.1) is 5.41 Å². The molecule has 0 aromatic heterocycles.